The second-order valence-electron chi connectivity index (χ2n) is 3.98. The van der Waals surface area contributed by atoms with Crippen LogP contribution in [-0.2, 0) is 4.74 Å². The molecule has 0 bridgehead atoms. The van der Waals surface area contributed by atoms with Crippen molar-refractivity contribution in [3.05, 3.63) is 23.9 Å². The first-order valence-electron chi connectivity index (χ1n) is 5.97. The molecule has 2 rings (SSSR count). The Kier molecular flexibility index (Phi) is 3.93. The lowest BCUT2D eigenvalue weighted by Gasteiger charge is -2.15. The Hall–Kier alpha value is -2.50. The molecule has 0 aliphatic rings. The Balaban J connectivity index is 2.87. The van der Waals surface area contributed by atoms with Gasteiger partial charge in [-0.3, -0.25) is 4.98 Å². The predicted octanol–water partition coefficient (Wildman–Crippen LogP) is 2.08. The Bertz CT molecular complexity index is 655. The van der Waals surface area contributed by atoms with Gasteiger partial charge in [-0.25, -0.2) is 4.79 Å². The van der Waals surface area contributed by atoms with E-state index in [0.29, 0.717) is 33.7 Å². The molecule has 106 valence electrons. The van der Waals surface area contributed by atoms with Crippen molar-refractivity contribution in [3.63, 3.8) is 0 Å². The summed E-state index contributed by atoms with van der Waals surface area (Å²) in [7, 11) is 6.18. The zero-order chi connectivity index (χ0) is 14.7. The highest BCUT2D eigenvalue weighted by molar-refractivity contribution is 6.08. The number of carbonyl (C=O) groups is 1. The minimum absolute atomic E-state index is 0.342. The first-order valence-corrected chi connectivity index (χ1v) is 5.97. The lowest BCUT2D eigenvalue weighted by atomic mass is 10.1. The van der Waals surface area contributed by atoms with Gasteiger partial charge in [-0.05, 0) is 12.1 Å². The fourth-order valence-corrected chi connectivity index (χ4v) is 2.11. The highest BCUT2D eigenvalue weighted by Crippen LogP contribution is 2.38. The maximum atomic E-state index is 11.8. The second-order valence-corrected chi connectivity index (χ2v) is 3.98. The fraction of sp³-hybridized carbons (Fsp3) is 0.286. The number of fused-ring (bicyclic) bond motifs is 1. The Morgan fingerprint density at radius 3 is 2.35 bits per heavy atom. The summed E-state index contributed by atoms with van der Waals surface area (Å²) in [6.45, 7) is 0. The molecule has 0 fully saturated rings. The predicted molar refractivity (Wildman–Crippen MR) is 75.7 cm³/mol. The van der Waals surface area contributed by atoms with Gasteiger partial charge in [0.2, 0.25) is 0 Å². The number of rotatable bonds is 4. The van der Waals surface area contributed by atoms with Crippen molar-refractivity contribution in [2.24, 2.45) is 0 Å². The summed E-state index contributed by atoms with van der Waals surface area (Å²) in [5.41, 5.74) is 1.55. The molecule has 0 radical (unpaired) electrons. The molecule has 0 unspecified atom stereocenters. The summed E-state index contributed by atoms with van der Waals surface area (Å²) >= 11 is 0. The second kappa shape index (κ2) is 5.64. The number of anilines is 1. The van der Waals surface area contributed by atoms with Crippen LogP contribution in [0.15, 0.2) is 18.3 Å². The molecule has 20 heavy (non-hydrogen) atoms. The maximum absolute atomic E-state index is 11.8. The summed E-state index contributed by atoms with van der Waals surface area (Å²) in [6, 6.07) is 3.54. The van der Waals surface area contributed by atoms with Crippen LogP contribution < -0.4 is 14.8 Å². The van der Waals surface area contributed by atoms with E-state index >= 15 is 0 Å². The van der Waals surface area contributed by atoms with Crippen molar-refractivity contribution < 1.29 is 19.0 Å². The molecule has 0 atom stereocenters. The number of nitrogens with one attached hydrogen (secondary N) is 1. The van der Waals surface area contributed by atoms with E-state index in [1.165, 1.54) is 13.3 Å². The SMILES string of the molecule is CNc1c(C(=O)OC)cnc2c(OC)ccc(OC)c12. The molecule has 6 heteroatoms. The van der Waals surface area contributed by atoms with Crippen molar-refractivity contribution in [3.8, 4) is 11.5 Å². The number of esters is 1. The van der Waals surface area contributed by atoms with Gasteiger partial charge in [0.05, 0.1) is 32.4 Å². The van der Waals surface area contributed by atoms with E-state index in [1.54, 1.807) is 33.4 Å². The topological polar surface area (TPSA) is 69.7 Å². The summed E-state index contributed by atoms with van der Waals surface area (Å²) in [4.78, 5) is 16.1. The molecule has 1 aromatic heterocycles. The summed E-state index contributed by atoms with van der Waals surface area (Å²) in [5.74, 6) is 0.741. The van der Waals surface area contributed by atoms with Crippen LogP contribution in [0, 0.1) is 0 Å². The Labute approximate surface area is 116 Å². The Morgan fingerprint density at radius 1 is 1.15 bits per heavy atom. The molecule has 1 aromatic carbocycles. The van der Waals surface area contributed by atoms with Gasteiger partial charge in [0, 0.05) is 13.2 Å². The fourth-order valence-electron chi connectivity index (χ4n) is 2.11. The largest absolute Gasteiger partial charge is 0.496 e. The number of aromatic nitrogens is 1. The molecule has 1 heterocycles. The first-order chi connectivity index (χ1) is 9.67. The summed E-state index contributed by atoms with van der Waals surface area (Å²) in [6.07, 6.45) is 1.46. The summed E-state index contributed by atoms with van der Waals surface area (Å²) < 4.78 is 15.4. The standard InChI is InChI=1S/C14H16N2O4/c1-15-12-8(14(17)20-4)7-16-13-10(19-3)6-5-9(18-2)11(12)13/h5-7H,1-4H3,(H,15,16). The number of ether oxygens (including phenoxy) is 3. The molecule has 1 N–H and O–H groups in total. The molecule has 2 aromatic rings. The van der Waals surface area contributed by atoms with Gasteiger partial charge < -0.3 is 19.5 Å². The zero-order valence-corrected chi connectivity index (χ0v) is 11.8. The number of hydrogen-bond acceptors (Lipinski definition) is 6. The maximum Gasteiger partial charge on any atom is 0.341 e. The van der Waals surface area contributed by atoms with E-state index in [2.05, 4.69) is 10.3 Å². The monoisotopic (exact) mass is 276 g/mol. The highest BCUT2D eigenvalue weighted by atomic mass is 16.5. The lowest BCUT2D eigenvalue weighted by molar-refractivity contribution is 0.0601. The van der Waals surface area contributed by atoms with Crippen molar-refractivity contribution in [2.75, 3.05) is 33.7 Å². The molecular formula is C14H16N2O4. The highest BCUT2D eigenvalue weighted by Gasteiger charge is 2.19. The van der Waals surface area contributed by atoms with E-state index in [4.69, 9.17) is 14.2 Å². The van der Waals surface area contributed by atoms with Gasteiger partial charge >= 0.3 is 5.97 Å². The van der Waals surface area contributed by atoms with Crippen LogP contribution in [0.25, 0.3) is 10.9 Å². The molecule has 0 saturated carbocycles. The third-order valence-corrected chi connectivity index (χ3v) is 3.04. The first kappa shape index (κ1) is 13.9. The van der Waals surface area contributed by atoms with E-state index in [9.17, 15) is 4.79 Å². The van der Waals surface area contributed by atoms with E-state index in [1.807, 2.05) is 0 Å². The van der Waals surface area contributed by atoms with Crippen LogP contribution in [0.4, 0.5) is 5.69 Å². The van der Waals surface area contributed by atoms with Crippen LogP contribution in [-0.4, -0.2) is 39.3 Å². The van der Waals surface area contributed by atoms with Crippen molar-refractivity contribution >= 4 is 22.6 Å². The quantitative estimate of drug-likeness (QED) is 0.862. The van der Waals surface area contributed by atoms with E-state index < -0.39 is 5.97 Å². The molecule has 0 aliphatic carbocycles. The number of benzene rings is 1. The summed E-state index contributed by atoms with van der Waals surface area (Å²) in [5, 5.41) is 3.68. The minimum atomic E-state index is -0.464. The number of nitrogens with zero attached hydrogens (tertiary/aromatic N) is 1. The minimum Gasteiger partial charge on any atom is -0.496 e. The molecule has 0 aliphatic heterocycles. The average Bonchev–Trinajstić information content (AvgIpc) is 2.51. The molecule has 0 saturated heterocycles. The molecule has 0 amide bonds. The average molecular weight is 276 g/mol. The van der Waals surface area contributed by atoms with Crippen molar-refractivity contribution in [1.82, 2.24) is 4.98 Å². The van der Waals surface area contributed by atoms with E-state index in [0.717, 1.165) is 0 Å². The smallest absolute Gasteiger partial charge is 0.341 e. The van der Waals surface area contributed by atoms with Crippen LogP contribution in [0.2, 0.25) is 0 Å². The van der Waals surface area contributed by atoms with Crippen LogP contribution >= 0.6 is 0 Å². The third kappa shape index (κ3) is 2.09. The number of pyridine rings is 1. The Morgan fingerprint density at radius 2 is 1.80 bits per heavy atom. The van der Waals surface area contributed by atoms with Gasteiger partial charge in [-0.1, -0.05) is 0 Å². The van der Waals surface area contributed by atoms with Gasteiger partial charge in [0.25, 0.3) is 0 Å². The lowest BCUT2D eigenvalue weighted by Crippen LogP contribution is -2.08. The molecule has 0 spiro atoms. The van der Waals surface area contributed by atoms with Gasteiger partial charge in [-0.2, -0.15) is 0 Å². The number of carbonyl (C=O) groups excluding carboxylic acids is 1. The number of methoxy groups -OCH3 is 3. The van der Waals surface area contributed by atoms with Gasteiger partial charge in [-0.15, -0.1) is 0 Å². The molecule has 6 nitrogen and oxygen atoms in total. The van der Waals surface area contributed by atoms with Gasteiger partial charge in [0.1, 0.15) is 22.6 Å². The third-order valence-electron chi connectivity index (χ3n) is 3.04. The van der Waals surface area contributed by atoms with E-state index in [-0.39, 0.29) is 0 Å². The molecular weight excluding hydrogens is 260 g/mol. The zero-order valence-electron chi connectivity index (χ0n) is 11.8. The van der Waals surface area contributed by atoms with Crippen LogP contribution in [0.3, 0.4) is 0 Å². The van der Waals surface area contributed by atoms with Crippen LogP contribution in [0.5, 0.6) is 11.5 Å². The van der Waals surface area contributed by atoms with Gasteiger partial charge in [0.15, 0.2) is 0 Å². The number of hydrogen-bond donors (Lipinski definition) is 1. The van der Waals surface area contributed by atoms with Crippen LogP contribution in [0.1, 0.15) is 10.4 Å². The van der Waals surface area contributed by atoms with Crippen molar-refractivity contribution in [2.45, 2.75) is 0 Å². The van der Waals surface area contributed by atoms with Crippen molar-refractivity contribution in [1.29, 1.82) is 0 Å². The normalized spacial score (nSPS) is 10.2.